The van der Waals surface area contributed by atoms with E-state index in [2.05, 4.69) is 5.32 Å². The fraction of sp³-hybridized carbons (Fsp3) is 0.529. The Balaban J connectivity index is 2.29. The fourth-order valence-electron chi connectivity index (χ4n) is 2.54. The highest BCUT2D eigenvalue weighted by atomic mass is 32.2. The van der Waals surface area contributed by atoms with Crippen molar-refractivity contribution in [3.63, 3.8) is 0 Å². The minimum Gasteiger partial charge on any atom is -0.496 e. The molecular formula is C17H24N2O7S. The van der Waals surface area contributed by atoms with Crippen molar-refractivity contribution in [2.45, 2.75) is 24.8 Å². The van der Waals surface area contributed by atoms with Gasteiger partial charge in [0.2, 0.25) is 10.0 Å². The van der Waals surface area contributed by atoms with Crippen molar-refractivity contribution >= 4 is 21.9 Å². The molecule has 0 spiro atoms. The molecule has 0 unspecified atom stereocenters. The van der Waals surface area contributed by atoms with Gasteiger partial charge in [-0.1, -0.05) is 0 Å². The molecule has 1 aliphatic heterocycles. The maximum atomic E-state index is 12.8. The third-order valence-electron chi connectivity index (χ3n) is 4.00. The molecule has 1 heterocycles. The Kier molecular flexibility index (Phi) is 7.17. The molecule has 1 saturated heterocycles. The second kappa shape index (κ2) is 9.16. The van der Waals surface area contributed by atoms with Crippen LogP contribution in [0, 0.1) is 0 Å². The predicted molar refractivity (Wildman–Crippen MR) is 96.1 cm³/mol. The third-order valence-corrected chi connectivity index (χ3v) is 5.90. The number of hydrogen-bond donors (Lipinski definition) is 1. The molecule has 1 amide bonds. The van der Waals surface area contributed by atoms with Gasteiger partial charge in [-0.2, -0.15) is 4.31 Å². The van der Waals surface area contributed by atoms with Gasteiger partial charge >= 0.3 is 5.97 Å². The summed E-state index contributed by atoms with van der Waals surface area (Å²) in [5, 5.41) is 2.55. The number of morpholine rings is 1. The highest BCUT2D eigenvalue weighted by Gasteiger charge is 2.29. The van der Waals surface area contributed by atoms with Gasteiger partial charge in [0.15, 0.2) is 6.10 Å². The molecule has 0 aliphatic carbocycles. The SMILES string of the molecule is CCNC(=O)[C@H](C)OC(=O)c1cc(S(=O)(=O)N2CCOCC2)ccc1OC. The van der Waals surface area contributed by atoms with Gasteiger partial charge in [-0.05, 0) is 32.0 Å². The van der Waals surface area contributed by atoms with Crippen LogP contribution in [0.3, 0.4) is 0 Å². The molecule has 0 saturated carbocycles. The van der Waals surface area contributed by atoms with Gasteiger partial charge in [-0.3, -0.25) is 4.79 Å². The van der Waals surface area contributed by atoms with Crippen LogP contribution in [0.1, 0.15) is 24.2 Å². The lowest BCUT2D eigenvalue weighted by Gasteiger charge is -2.26. The average Bonchev–Trinajstić information content (AvgIpc) is 2.68. The molecular weight excluding hydrogens is 376 g/mol. The number of esters is 1. The summed E-state index contributed by atoms with van der Waals surface area (Å²) in [6, 6.07) is 3.96. The molecule has 10 heteroatoms. The van der Waals surface area contributed by atoms with Crippen molar-refractivity contribution < 1.29 is 32.2 Å². The summed E-state index contributed by atoms with van der Waals surface area (Å²) in [7, 11) is -2.43. The van der Waals surface area contributed by atoms with E-state index in [-0.39, 0.29) is 29.3 Å². The lowest BCUT2D eigenvalue weighted by Crippen LogP contribution is -2.40. The van der Waals surface area contributed by atoms with Crippen LogP contribution in [0.25, 0.3) is 0 Å². The van der Waals surface area contributed by atoms with Crippen molar-refractivity contribution in [2.75, 3.05) is 40.0 Å². The molecule has 1 aromatic carbocycles. The number of hydrogen-bond acceptors (Lipinski definition) is 7. The van der Waals surface area contributed by atoms with Gasteiger partial charge in [0, 0.05) is 19.6 Å². The third kappa shape index (κ3) is 4.96. The van der Waals surface area contributed by atoms with E-state index in [1.165, 1.54) is 36.5 Å². The summed E-state index contributed by atoms with van der Waals surface area (Å²) in [4.78, 5) is 24.2. The Bertz CT molecular complexity index is 788. The zero-order chi connectivity index (χ0) is 20.0. The Morgan fingerprint density at radius 2 is 1.96 bits per heavy atom. The lowest BCUT2D eigenvalue weighted by atomic mass is 10.2. The van der Waals surface area contributed by atoms with Crippen LogP contribution >= 0.6 is 0 Å². The summed E-state index contributed by atoms with van der Waals surface area (Å²) < 4.78 is 42.3. The first kappa shape index (κ1) is 21.1. The number of carbonyl (C=O) groups excluding carboxylic acids is 2. The molecule has 1 aliphatic rings. The number of carbonyl (C=O) groups is 2. The molecule has 2 rings (SSSR count). The maximum absolute atomic E-state index is 12.8. The zero-order valence-electron chi connectivity index (χ0n) is 15.6. The highest BCUT2D eigenvalue weighted by Crippen LogP contribution is 2.26. The Morgan fingerprint density at radius 3 is 2.56 bits per heavy atom. The maximum Gasteiger partial charge on any atom is 0.342 e. The van der Waals surface area contributed by atoms with Crippen LogP contribution in [0.15, 0.2) is 23.1 Å². The molecule has 0 radical (unpaired) electrons. The smallest absolute Gasteiger partial charge is 0.342 e. The quantitative estimate of drug-likeness (QED) is 0.659. The normalized spacial score (nSPS) is 16.4. The Hall–Kier alpha value is -2.17. The molecule has 0 bridgehead atoms. The number of nitrogens with one attached hydrogen (secondary N) is 1. The van der Waals surface area contributed by atoms with Gasteiger partial charge < -0.3 is 19.5 Å². The molecule has 1 N–H and O–H groups in total. The standard InChI is InChI=1S/C17H24N2O7S/c1-4-18-16(20)12(2)26-17(21)14-11-13(5-6-15(14)24-3)27(22,23)19-7-9-25-10-8-19/h5-6,11-12H,4,7-10H2,1-3H3,(H,18,20)/t12-/m0/s1. The van der Waals surface area contributed by atoms with E-state index < -0.39 is 28.0 Å². The first-order valence-corrected chi connectivity index (χ1v) is 10.00. The molecule has 0 aromatic heterocycles. The molecule has 1 atom stereocenters. The van der Waals surface area contributed by atoms with E-state index in [1.54, 1.807) is 6.92 Å². The zero-order valence-corrected chi connectivity index (χ0v) is 16.4. The summed E-state index contributed by atoms with van der Waals surface area (Å²) in [5.41, 5.74) is -0.0667. The van der Waals surface area contributed by atoms with Gasteiger partial charge in [0.25, 0.3) is 5.91 Å². The number of nitrogens with zero attached hydrogens (tertiary/aromatic N) is 1. The molecule has 9 nitrogen and oxygen atoms in total. The van der Waals surface area contributed by atoms with Crippen molar-refractivity contribution in [3.05, 3.63) is 23.8 Å². The average molecular weight is 400 g/mol. The molecule has 150 valence electrons. The van der Waals surface area contributed by atoms with Crippen molar-refractivity contribution in [1.29, 1.82) is 0 Å². The Labute approximate surface area is 158 Å². The van der Waals surface area contributed by atoms with E-state index in [0.717, 1.165) is 0 Å². The van der Waals surface area contributed by atoms with Gasteiger partial charge in [0.05, 0.1) is 25.2 Å². The second-order valence-corrected chi connectivity index (χ2v) is 7.76. The van der Waals surface area contributed by atoms with Crippen molar-refractivity contribution in [2.24, 2.45) is 0 Å². The molecule has 27 heavy (non-hydrogen) atoms. The van der Waals surface area contributed by atoms with Crippen LogP contribution in [-0.4, -0.2) is 70.7 Å². The number of benzene rings is 1. The summed E-state index contributed by atoms with van der Waals surface area (Å²) in [5.74, 6) is -1.13. The van der Waals surface area contributed by atoms with E-state index >= 15 is 0 Å². The van der Waals surface area contributed by atoms with E-state index in [0.29, 0.717) is 19.8 Å². The van der Waals surface area contributed by atoms with Crippen LogP contribution in [-0.2, 0) is 24.3 Å². The topological polar surface area (TPSA) is 111 Å². The number of ether oxygens (including phenoxy) is 3. The number of rotatable bonds is 7. The molecule has 1 fully saturated rings. The van der Waals surface area contributed by atoms with Crippen LogP contribution < -0.4 is 10.1 Å². The van der Waals surface area contributed by atoms with Crippen LogP contribution in [0.4, 0.5) is 0 Å². The van der Waals surface area contributed by atoms with E-state index in [1.807, 2.05) is 0 Å². The number of methoxy groups -OCH3 is 1. The van der Waals surface area contributed by atoms with E-state index in [4.69, 9.17) is 14.2 Å². The minimum absolute atomic E-state index is 0.0530. The van der Waals surface area contributed by atoms with Gasteiger partial charge in [-0.15, -0.1) is 0 Å². The Morgan fingerprint density at radius 1 is 1.30 bits per heavy atom. The first-order valence-electron chi connectivity index (χ1n) is 8.56. The molecule has 1 aromatic rings. The summed E-state index contributed by atoms with van der Waals surface area (Å²) >= 11 is 0. The predicted octanol–water partition coefficient (Wildman–Crippen LogP) is 0.398. The fourth-order valence-corrected chi connectivity index (χ4v) is 3.97. The number of sulfonamides is 1. The monoisotopic (exact) mass is 400 g/mol. The first-order chi connectivity index (χ1) is 12.8. The lowest BCUT2D eigenvalue weighted by molar-refractivity contribution is -0.128. The van der Waals surface area contributed by atoms with E-state index in [9.17, 15) is 18.0 Å². The van der Waals surface area contributed by atoms with Crippen molar-refractivity contribution in [3.8, 4) is 5.75 Å². The summed E-state index contributed by atoms with van der Waals surface area (Å²) in [6.07, 6.45) is -1.03. The summed E-state index contributed by atoms with van der Waals surface area (Å²) in [6.45, 7) is 4.68. The second-order valence-electron chi connectivity index (χ2n) is 5.82. The van der Waals surface area contributed by atoms with Gasteiger partial charge in [0.1, 0.15) is 11.3 Å². The van der Waals surface area contributed by atoms with Crippen LogP contribution in [0.2, 0.25) is 0 Å². The largest absolute Gasteiger partial charge is 0.496 e. The van der Waals surface area contributed by atoms with Gasteiger partial charge in [-0.25, -0.2) is 13.2 Å². The minimum atomic E-state index is -3.79. The van der Waals surface area contributed by atoms with Crippen molar-refractivity contribution in [1.82, 2.24) is 9.62 Å². The highest BCUT2D eigenvalue weighted by molar-refractivity contribution is 7.89. The number of amides is 1. The van der Waals surface area contributed by atoms with Crippen LogP contribution in [0.5, 0.6) is 5.75 Å². The number of likely N-dealkylation sites (N-methyl/N-ethyl adjacent to an activating group) is 1.